The van der Waals surface area contributed by atoms with Gasteiger partial charge in [-0.15, -0.1) is 0 Å². The maximum atomic E-state index is 13.9. The van der Waals surface area contributed by atoms with Crippen LogP contribution in [0.2, 0.25) is 0 Å². The summed E-state index contributed by atoms with van der Waals surface area (Å²) in [6.07, 6.45) is -0.499. The van der Waals surface area contributed by atoms with E-state index in [0.717, 1.165) is 22.7 Å². The highest BCUT2D eigenvalue weighted by Crippen LogP contribution is 2.62. The number of hydrogen-bond donors (Lipinski definition) is 1. The van der Waals surface area contributed by atoms with Crippen LogP contribution < -0.4 is 15.0 Å². The van der Waals surface area contributed by atoms with Crippen LogP contribution in [0.3, 0.4) is 0 Å². The molecule has 0 spiro atoms. The van der Waals surface area contributed by atoms with E-state index < -0.39 is 13.4 Å². The van der Waals surface area contributed by atoms with Crippen LogP contribution in [0.4, 0.5) is 11.4 Å². The van der Waals surface area contributed by atoms with E-state index in [9.17, 15) is 4.57 Å². The van der Waals surface area contributed by atoms with Gasteiger partial charge in [-0.25, -0.2) is 0 Å². The van der Waals surface area contributed by atoms with Gasteiger partial charge in [0.25, 0.3) is 0 Å². The van der Waals surface area contributed by atoms with Crippen molar-refractivity contribution in [3.63, 3.8) is 0 Å². The summed E-state index contributed by atoms with van der Waals surface area (Å²) in [6.45, 7) is 7.43. The van der Waals surface area contributed by atoms with Gasteiger partial charge < -0.3 is 24.0 Å². The van der Waals surface area contributed by atoms with E-state index in [1.165, 1.54) is 0 Å². The predicted octanol–water partition coefficient (Wildman–Crippen LogP) is 5.92. The van der Waals surface area contributed by atoms with Crippen LogP contribution in [-0.4, -0.2) is 33.4 Å². The maximum absolute atomic E-state index is 13.9. The van der Waals surface area contributed by atoms with Crippen LogP contribution in [0.1, 0.15) is 39.0 Å². The van der Waals surface area contributed by atoms with Gasteiger partial charge in [0.2, 0.25) is 0 Å². The number of nitrogens with one attached hydrogen (secondary N) is 1. The molecule has 0 radical (unpaired) electrons. The molecule has 2 rings (SSSR count). The Labute approximate surface area is 174 Å². The average molecular weight is 420 g/mol. The van der Waals surface area contributed by atoms with Gasteiger partial charge in [-0.1, -0.05) is 12.1 Å². The largest absolute Gasteiger partial charge is 0.497 e. The number of rotatable bonds is 10. The Morgan fingerprint density at radius 3 is 1.79 bits per heavy atom. The molecule has 0 aliphatic heterocycles. The molecule has 160 valence electrons. The second kappa shape index (κ2) is 10.1. The van der Waals surface area contributed by atoms with Gasteiger partial charge in [0, 0.05) is 25.5 Å². The predicted molar refractivity (Wildman–Crippen MR) is 120 cm³/mol. The Morgan fingerprint density at radius 2 is 1.38 bits per heavy atom. The van der Waals surface area contributed by atoms with Crippen LogP contribution >= 0.6 is 7.60 Å². The van der Waals surface area contributed by atoms with E-state index in [1.807, 2.05) is 95.2 Å². The fourth-order valence-corrected chi connectivity index (χ4v) is 5.19. The first-order chi connectivity index (χ1) is 13.6. The number of benzene rings is 2. The molecular formula is C22H33N2O4P. The van der Waals surface area contributed by atoms with Crippen molar-refractivity contribution < 1.29 is 18.3 Å². The molecule has 7 heteroatoms. The van der Waals surface area contributed by atoms with Crippen LogP contribution in [0.5, 0.6) is 5.75 Å². The number of nitrogens with zero attached hydrogens (tertiary/aromatic N) is 1. The molecule has 0 amide bonds. The minimum atomic E-state index is -3.54. The highest BCUT2D eigenvalue weighted by Gasteiger charge is 2.39. The molecule has 1 N–H and O–H groups in total. The van der Waals surface area contributed by atoms with Crippen molar-refractivity contribution in [2.45, 2.75) is 45.7 Å². The highest BCUT2D eigenvalue weighted by molar-refractivity contribution is 7.54. The SMILES string of the molecule is COc1ccc(NC(c2ccc(N(C)C)cc2)P(=O)(OC(C)C)OC(C)C)cc1. The first-order valence-corrected chi connectivity index (χ1v) is 11.4. The Hall–Kier alpha value is -2.01. The zero-order chi connectivity index (χ0) is 21.6. The summed E-state index contributed by atoms with van der Waals surface area (Å²) in [5.74, 6) is 0.0967. The molecular weight excluding hydrogens is 387 g/mol. The molecule has 0 bridgehead atoms. The third kappa shape index (κ3) is 6.49. The summed E-state index contributed by atoms with van der Waals surface area (Å²) >= 11 is 0. The molecule has 2 aromatic rings. The number of hydrogen-bond acceptors (Lipinski definition) is 6. The van der Waals surface area contributed by atoms with E-state index in [2.05, 4.69) is 5.32 Å². The third-order valence-corrected chi connectivity index (χ3v) is 6.64. The fourth-order valence-electron chi connectivity index (χ4n) is 2.88. The molecule has 1 unspecified atom stereocenters. The van der Waals surface area contributed by atoms with Crippen molar-refractivity contribution in [2.24, 2.45) is 0 Å². The second-order valence-corrected chi connectivity index (χ2v) is 9.63. The molecule has 1 atom stereocenters. The summed E-state index contributed by atoms with van der Waals surface area (Å²) in [5.41, 5.74) is 2.69. The van der Waals surface area contributed by atoms with Crippen LogP contribution in [-0.2, 0) is 13.6 Å². The Morgan fingerprint density at radius 1 is 0.862 bits per heavy atom. The van der Waals surface area contributed by atoms with Gasteiger partial charge in [0.1, 0.15) is 5.75 Å². The molecule has 0 saturated carbocycles. The summed E-state index contributed by atoms with van der Waals surface area (Å²) < 4.78 is 31.0. The molecule has 6 nitrogen and oxygen atoms in total. The van der Waals surface area contributed by atoms with Crippen molar-refractivity contribution >= 4 is 19.0 Å². The minimum Gasteiger partial charge on any atom is -0.497 e. The van der Waals surface area contributed by atoms with Gasteiger partial charge in [-0.05, 0) is 69.7 Å². The molecule has 0 heterocycles. The summed E-state index contributed by atoms with van der Waals surface area (Å²) in [5, 5.41) is 3.36. The summed E-state index contributed by atoms with van der Waals surface area (Å²) in [6, 6.07) is 15.4. The molecule has 0 fully saturated rings. The molecule has 0 aliphatic rings. The maximum Gasteiger partial charge on any atom is 0.357 e. The van der Waals surface area contributed by atoms with E-state index in [-0.39, 0.29) is 12.2 Å². The topological polar surface area (TPSA) is 60.0 Å². The van der Waals surface area contributed by atoms with E-state index >= 15 is 0 Å². The van der Waals surface area contributed by atoms with Crippen molar-refractivity contribution in [3.8, 4) is 5.75 Å². The minimum absolute atomic E-state index is 0.249. The Balaban J connectivity index is 2.47. The lowest BCUT2D eigenvalue weighted by molar-refractivity contribution is 0.138. The summed E-state index contributed by atoms with van der Waals surface area (Å²) in [4.78, 5) is 2.02. The van der Waals surface area contributed by atoms with E-state index in [1.54, 1.807) is 7.11 Å². The third-order valence-electron chi connectivity index (χ3n) is 4.15. The lowest BCUT2D eigenvalue weighted by atomic mass is 10.2. The molecule has 0 saturated heterocycles. The quantitative estimate of drug-likeness (QED) is 0.482. The van der Waals surface area contributed by atoms with Gasteiger partial charge in [0.15, 0.2) is 5.78 Å². The smallest absolute Gasteiger partial charge is 0.357 e. The van der Waals surface area contributed by atoms with Gasteiger partial charge in [0.05, 0.1) is 19.3 Å². The molecule has 2 aromatic carbocycles. The number of methoxy groups -OCH3 is 1. The highest BCUT2D eigenvalue weighted by atomic mass is 31.2. The molecule has 29 heavy (non-hydrogen) atoms. The van der Waals surface area contributed by atoms with Gasteiger partial charge in [-0.3, -0.25) is 4.57 Å². The van der Waals surface area contributed by atoms with E-state index in [0.29, 0.717) is 0 Å². The molecule has 0 aromatic heterocycles. The second-order valence-electron chi connectivity index (χ2n) is 7.61. The zero-order valence-corrected chi connectivity index (χ0v) is 19.3. The number of anilines is 2. The summed E-state index contributed by atoms with van der Waals surface area (Å²) in [7, 11) is 2.05. The zero-order valence-electron chi connectivity index (χ0n) is 18.4. The average Bonchev–Trinajstić information content (AvgIpc) is 2.65. The van der Waals surface area contributed by atoms with Gasteiger partial charge in [-0.2, -0.15) is 0 Å². The normalized spacial score (nSPS) is 12.9. The van der Waals surface area contributed by atoms with Crippen LogP contribution in [0, 0.1) is 0 Å². The van der Waals surface area contributed by atoms with Crippen molar-refractivity contribution in [1.29, 1.82) is 0 Å². The first kappa shape index (κ1) is 23.3. The first-order valence-electron chi connectivity index (χ1n) is 9.79. The van der Waals surface area contributed by atoms with Crippen LogP contribution in [0.25, 0.3) is 0 Å². The van der Waals surface area contributed by atoms with E-state index in [4.69, 9.17) is 13.8 Å². The Bertz CT molecular complexity index is 791. The van der Waals surface area contributed by atoms with Crippen molar-refractivity contribution in [1.82, 2.24) is 0 Å². The van der Waals surface area contributed by atoms with Crippen molar-refractivity contribution in [2.75, 3.05) is 31.4 Å². The lowest BCUT2D eigenvalue weighted by Gasteiger charge is -2.31. The standard InChI is InChI=1S/C22H33N2O4P/c1-16(2)27-29(25,28-17(3)4)22(18-8-12-20(13-9-18)24(5)6)23-19-10-14-21(26-7)15-11-19/h8-17,22-23H,1-7H3. The number of ether oxygens (including phenoxy) is 1. The van der Waals surface area contributed by atoms with Crippen LogP contribution in [0.15, 0.2) is 48.5 Å². The lowest BCUT2D eigenvalue weighted by Crippen LogP contribution is -2.19. The Kier molecular flexibility index (Phi) is 8.14. The monoisotopic (exact) mass is 420 g/mol. The van der Waals surface area contributed by atoms with Crippen molar-refractivity contribution in [3.05, 3.63) is 54.1 Å². The fraction of sp³-hybridized carbons (Fsp3) is 0.455. The molecule has 0 aliphatic carbocycles. The van der Waals surface area contributed by atoms with Gasteiger partial charge >= 0.3 is 7.60 Å².